The Morgan fingerprint density at radius 2 is 0.697 bits per heavy atom. The van der Waals surface area contributed by atoms with Gasteiger partial charge in [-0.3, -0.25) is 0 Å². The van der Waals surface area contributed by atoms with Crippen molar-refractivity contribution in [1.82, 2.24) is 0 Å². The van der Waals surface area contributed by atoms with Crippen molar-refractivity contribution in [2.45, 2.75) is 27.7 Å². The van der Waals surface area contributed by atoms with Crippen LogP contribution >= 0.6 is 46.4 Å². The third-order valence-electron chi connectivity index (χ3n) is 3.13. The van der Waals surface area contributed by atoms with Gasteiger partial charge in [0.25, 0.3) is 0 Å². The molecule has 0 atom stereocenters. The van der Waals surface area contributed by atoms with E-state index in [1.54, 1.807) is 0 Å². The summed E-state index contributed by atoms with van der Waals surface area (Å²) >= 11 is 16.8. The zero-order chi connectivity index (χ0) is 25.6. The van der Waals surface area contributed by atoms with Gasteiger partial charge in [0.05, 0.1) is 0 Å². The van der Waals surface area contributed by atoms with Gasteiger partial charge in [-0.05, 0) is 0 Å². The maximum absolute atomic E-state index is 11.7. The third kappa shape index (κ3) is 13.9. The van der Waals surface area contributed by atoms with Gasteiger partial charge in [0, 0.05) is 0 Å². The topological polar surface area (TPSA) is 105 Å². The fourth-order valence-electron chi connectivity index (χ4n) is 2.09. The molecule has 0 saturated heterocycles. The van der Waals surface area contributed by atoms with Crippen molar-refractivity contribution < 1.29 is 31.5 Å². The molecule has 0 fully saturated rings. The molecule has 0 amide bonds. The predicted molar refractivity (Wildman–Crippen MR) is 128 cm³/mol. The molecule has 0 radical (unpaired) electrons. The fraction of sp³-hybridized carbons (Fsp3) is 0.400. The number of allylic oxidation sites excluding steroid dienone is 8. The summed E-state index contributed by atoms with van der Waals surface area (Å²) in [5.74, 6) is -2.96. The Hall–Kier alpha value is -1.20. The van der Waals surface area contributed by atoms with Gasteiger partial charge in [-0.25, -0.2) is 0 Å². The van der Waals surface area contributed by atoms with Crippen molar-refractivity contribution in [3.8, 4) is 0 Å². The molecule has 0 unspecified atom stereocenters. The van der Waals surface area contributed by atoms with Gasteiger partial charge in [0.1, 0.15) is 0 Å². The molecule has 0 bridgehead atoms. The van der Waals surface area contributed by atoms with E-state index in [2.05, 4.69) is 0 Å². The van der Waals surface area contributed by atoms with Gasteiger partial charge in [0.15, 0.2) is 0 Å². The second kappa shape index (κ2) is 16.4. The number of hydrogen-bond donors (Lipinski definition) is 0. The molecule has 0 heterocycles. The Balaban J connectivity index is 6.56. The van der Waals surface area contributed by atoms with E-state index in [1.165, 1.54) is 27.7 Å². The monoisotopic (exact) mass is 652 g/mol. The van der Waals surface area contributed by atoms with Crippen LogP contribution in [0, 0.1) is 0 Å². The van der Waals surface area contributed by atoms with Crippen LogP contribution in [0.2, 0.25) is 0 Å². The van der Waals surface area contributed by atoms with Crippen molar-refractivity contribution in [3.63, 3.8) is 0 Å². The van der Waals surface area contributed by atoms with Crippen molar-refractivity contribution in [2.75, 3.05) is 23.5 Å². The summed E-state index contributed by atoms with van der Waals surface area (Å²) in [6.45, 7) is 5.73. The van der Waals surface area contributed by atoms with Gasteiger partial charge in [-0.1, -0.05) is 0 Å². The van der Waals surface area contributed by atoms with Crippen LogP contribution in [0.3, 0.4) is 0 Å². The summed E-state index contributed by atoms with van der Waals surface area (Å²) in [5.41, 5.74) is 0. The molecular weight excluding hydrogens is 629 g/mol. The van der Waals surface area contributed by atoms with Gasteiger partial charge in [-0.15, -0.1) is 0 Å². The van der Waals surface area contributed by atoms with Crippen molar-refractivity contribution in [2.24, 2.45) is 0 Å². The van der Waals surface area contributed by atoms with Crippen LogP contribution in [0.5, 0.6) is 0 Å². The molecule has 0 aromatic heterocycles. The second-order valence-corrected chi connectivity index (χ2v) is 12.6. The van der Waals surface area contributed by atoms with Crippen molar-refractivity contribution >= 4 is 89.6 Å². The van der Waals surface area contributed by atoms with Crippen LogP contribution in [0.25, 0.3) is 0 Å². The zero-order valence-electron chi connectivity index (χ0n) is 18.4. The van der Waals surface area contributed by atoms with E-state index in [9.17, 15) is 19.2 Å². The molecule has 0 spiro atoms. The number of carbonyl (C=O) groups excluding carboxylic acids is 4. The maximum atomic E-state index is 11.7. The average molecular weight is 653 g/mol. The summed E-state index contributed by atoms with van der Waals surface area (Å²) in [6.07, 6.45) is 4.40. The van der Waals surface area contributed by atoms with E-state index in [0.717, 1.165) is 24.3 Å². The minimum atomic E-state index is -5.39. The standard InChI is InChI=1S/4C5H7ClO2.Sn/c4*1-4(7)2-5(8)3-6;/h4*2,7H,3H2,1H3;/q;;;;+4/p-4/b4*4-2-;. The van der Waals surface area contributed by atoms with E-state index < -0.39 is 43.2 Å². The molecule has 0 aromatic rings. The molecule has 0 aliphatic rings. The molecule has 33 heavy (non-hydrogen) atoms. The van der Waals surface area contributed by atoms with E-state index in [1.807, 2.05) is 0 Å². The first-order valence-electron chi connectivity index (χ1n) is 9.24. The molecule has 0 rings (SSSR count). The molecular formula is C20H24Cl4O8Sn. The third-order valence-corrected chi connectivity index (χ3v) is 10.7. The first-order valence-corrected chi connectivity index (χ1v) is 16.0. The van der Waals surface area contributed by atoms with E-state index in [4.69, 9.17) is 58.7 Å². The molecule has 0 saturated carbocycles. The average Bonchev–Trinajstić information content (AvgIpc) is 2.72. The molecule has 8 nitrogen and oxygen atoms in total. The van der Waals surface area contributed by atoms with Gasteiger partial charge in [-0.2, -0.15) is 0 Å². The van der Waals surface area contributed by atoms with Gasteiger partial charge < -0.3 is 0 Å². The Morgan fingerprint density at radius 1 is 0.515 bits per heavy atom. The Labute approximate surface area is 218 Å². The predicted octanol–water partition coefficient (Wildman–Crippen LogP) is 4.34. The quantitative estimate of drug-likeness (QED) is 0.105. The first-order chi connectivity index (χ1) is 15.4. The number of ketones is 4. The number of rotatable bonds is 16. The van der Waals surface area contributed by atoms with Crippen LogP contribution in [-0.2, 0) is 31.5 Å². The summed E-state index contributed by atoms with van der Waals surface area (Å²) in [6, 6.07) is 0. The number of carbonyl (C=O) groups is 4. The first kappa shape index (κ1) is 31.8. The molecule has 184 valence electrons. The summed E-state index contributed by atoms with van der Waals surface area (Å²) in [7, 11) is 0. The number of alkyl halides is 4. The van der Waals surface area contributed by atoms with E-state index in [-0.39, 0.29) is 46.6 Å². The van der Waals surface area contributed by atoms with Crippen LogP contribution in [-0.4, -0.2) is 66.7 Å². The van der Waals surface area contributed by atoms with Crippen LogP contribution in [0.4, 0.5) is 0 Å². The molecule has 13 heteroatoms. The number of halogens is 4. The Morgan fingerprint density at radius 3 is 0.848 bits per heavy atom. The normalized spacial score (nSPS) is 13.3. The van der Waals surface area contributed by atoms with E-state index >= 15 is 0 Å². The van der Waals surface area contributed by atoms with Crippen molar-refractivity contribution in [1.29, 1.82) is 0 Å². The minimum absolute atomic E-state index is 0.0286. The van der Waals surface area contributed by atoms with Crippen LogP contribution in [0.15, 0.2) is 47.3 Å². The SMILES string of the molecule is C/C(=C/C(=O)CCl)[O][Sn]([O]/C(C)=C\C(=O)CCl)([O]/C(C)=C\C(=O)CCl)[O]/C(C)=C\C(=O)CCl. The van der Waals surface area contributed by atoms with Gasteiger partial charge >= 0.3 is 220 Å². The molecule has 0 N–H and O–H groups in total. The Bertz CT molecular complexity index is 723. The summed E-state index contributed by atoms with van der Waals surface area (Å²) in [5, 5.41) is 0. The molecule has 0 aromatic carbocycles. The second-order valence-electron chi connectivity index (χ2n) is 6.33. The van der Waals surface area contributed by atoms with Crippen LogP contribution < -0.4 is 0 Å². The Kier molecular flexibility index (Phi) is 15.8. The molecule has 0 aliphatic heterocycles. The van der Waals surface area contributed by atoms with E-state index in [0.29, 0.717) is 0 Å². The molecule has 0 aliphatic carbocycles. The number of hydrogen-bond acceptors (Lipinski definition) is 8. The fourth-order valence-corrected chi connectivity index (χ4v) is 8.29. The van der Waals surface area contributed by atoms with Crippen LogP contribution in [0.1, 0.15) is 27.7 Å². The summed E-state index contributed by atoms with van der Waals surface area (Å²) < 4.78 is 23.4. The van der Waals surface area contributed by atoms with Gasteiger partial charge in [0.2, 0.25) is 0 Å². The van der Waals surface area contributed by atoms with Crippen molar-refractivity contribution in [3.05, 3.63) is 47.3 Å². The summed E-state index contributed by atoms with van der Waals surface area (Å²) in [4.78, 5) is 46.9. The zero-order valence-corrected chi connectivity index (χ0v) is 24.3.